The van der Waals surface area contributed by atoms with Gasteiger partial charge in [-0.3, -0.25) is 4.79 Å². The van der Waals surface area contributed by atoms with Gasteiger partial charge < -0.3 is 14.4 Å². The van der Waals surface area contributed by atoms with Crippen molar-refractivity contribution in [1.82, 2.24) is 14.5 Å². The molecule has 1 aliphatic rings. The maximum absolute atomic E-state index is 11.3. The highest BCUT2D eigenvalue weighted by atomic mass is 16.2. The lowest BCUT2D eigenvalue weighted by atomic mass is 10.2. The summed E-state index contributed by atoms with van der Waals surface area (Å²) in [7, 11) is 2.01. The lowest BCUT2D eigenvalue weighted by Crippen LogP contribution is -2.48. The van der Waals surface area contributed by atoms with Crippen molar-refractivity contribution in [2.24, 2.45) is 7.05 Å². The molecule has 1 amide bonds. The molecule has 5 heteroatoms. The van der Waals surface area contributed by atoms with Crippen LogP contribution < -0.4 is 4.90 Å². The van der Waals surface area contributed by atoms with Crippen LogP contribution in [0.2, 0.25) is 0 Å². The standard InChI is InChI=1S/C14H18N4O/c1-11(19)17-6-8-18(9-7-17)13-5-3-4-12-14(13)15-10-16(12)2/h3-5,10H,6-9H2,1-2H3. The first-order valence-electron chi connectivity index (χ1n) is 6.57. The van der Waals surface area contributed by atoms with E-state index in [-0.39, 0.29) is 5.91 Å². The Hall–Kier alpha value is -2.04. The predicted molar refractivity (Wildman–Crippen MR) is 75.2 cm³/mol. The molecule has 0 spiro atoms. The van der Waals surface area contributed by atoms with Gasteiger partial charge in [-0.15, -0.1) is 0 Å². The molecule has 100 valence electrons. The van der Waals surface area contributed by atoms with Crippen LogP contribution in [-0.4, -0.2) is 46.5 Å². The van der Waals surface area contributed by atoms with Crippen LogP contribution in [0.1, 0.15) is 6.92 Å². The van der Waals surface area contributed by atoms with Crippen molar-refractivity contribution in [1.29, 1.82) is 0 Å². The smallest absolute Gasteiger partial charge is 0.219 e. The Bertz CT molecular complexity index is 611. The van der Waals surface area contributed by atoms with Crippen molar-refractivity contribution in [2.75, 3.05) is 31.1 Å². The molecule has 1 aliphatic heterocycles. The molecule has 19 heavy (non-hydrogen) atoms. The summed E-state index contributed by atoms with van der Waals surface area (Å²) in [5.41, 5.74) is 3.36. The number of para-hydroxylation sites is 1. The number of hydrogen-bond acceptors (Lipinski definition) is 3. The van der Waals surface area contributed by atoms with Crippen LogP contribution in [-0.2, 0) is 11.8 Å². The average Bonchev–Trinajstić information content (AvgIpc) is 2.81. The van der Waals surface area contributed by atoms with Crippen LogP contribution in [0.3, 0.4) is 0 Å². The second kappa shape index (κ2) is 4.57. The SMILES string of the molecule is CC(=O)N1CCN(c2cccc3c2ncn3C)CC1. The molecule has 1 saturated heterocycles. The molecule has 0 radical (unpaired) electrons. The topological polar surface area (TPSA) is 41.4 Å². The molecule has 2 aromatic rings. The third-order valence-electron chi connectivity index (χ3n) is 3.80. The van der Waals surface area contributed by atoms with E-state index in [4.69, 9.17) is 0 Å². The molecular formula is C14H18N4O. The van der Waals surface area contributed by atoms with Crippen LogP contribution in [0.4, 0.5) is 5.69 Å². The Morgan fingerprint density at radius 2 is 1.95 bits per heavy atom. The van der Waals surface area contributed by atoms with Crippen molar-refractivity contribution in [3.05, 3.63) is 24.5 Å². The highest BCUT2D eigenvalue weighted by Gasteiger charge is 2.20. The number of imidazole rings is 1. The third-order valence-corrected chi connectivity index (χ3v) is 3.80. The molecule has 3 rings (SSSR count). The highest BCUT2D eigenvalue weighted by molar-refractivity contribution is 5.89. The van der Waals surface area contributed by atoms with Crippen molar-refractivity contribution in [3.63, 3.8) is 0 Å². The fourth-order valence-electron chi connectivity index (χ4n) is 2.66. The lowest BCUT2D eigenvalue weighted by Gasteiger charge is -2.35. The number of aryl methyl sites for hydroxylation is 1. The number of carbonyl (C=O) groups excluding carboxylic acids is 1. The van der Waals surface area contributed by atoms with E-state index in [1.54, 1.807) is 6.92 Å². The molecule has 0 unspecified atom stereocenters. The van der Waals surface area contributed by atoms with Crippen molar-refractivity contribution >= 4 is 22.6 Å². The van der Waals surface area contributed by atoms with Crippen LogP contribution in [0, 0.1) is 0 Å². The molecule has 5 nitrogen and oxygen atoms in total. The number of amides is 1. The number of hydrogen-bond donors (Lipinski definition) is 0. The summed E-state index contributed by atoms with van der Waals surface area (Å²) >= 11 is 0. The third kappa shape index (κ3) is 2.05. The zero-order valence-corrected chi connectivity index (χ0v) is 11.3. The van der Waals surface area contributed by atoms with Gasteiger partial charge in [-0.1, -0.05) is 6.07 Å². The molecule has 0 N–H and O–H groups in total. The Labute approximate surface area is 112 Å². The monoisotopic (exact) mass is 258 g/mol. The Kier molecular flexibility index (Phi) is 2.89. The van der Waals surface area contributed by atoms with Crippen LogP contribution in [0.15, 0.2) is 24.5 Å². The number of rotatable bonds is 1. The van der Waals surface area contributed by atoms with E-state index in [2.05, 4.69) is 28.1 Å². The zero-order valence-electron chi connectivity index (χ0n) is 11.3. The van der Waals surface area contributed by atoms with Gasteiger partial charge in [0.2, 0.25) is 5.91 Å². The number of anilines is 1. The first-order valence-corrected chi connectivity index (χ1v) is 6.57. The average molecular weight is 258 g/mol. The van der Waals surface area contributed by atoms with Gasteiger partial charge in [-0.05, 0) is 12.1 Å². The van der Waals surface area contributed by atoms with Gasteiger partial charge in [0.1, 0.15) is 5.52 Å². The highest BCUT2D eigenvalue weighted by Crippen LogP contribution is 2.26. The van der Waals surface area contributed by atoms with Gasteiger partial charge in [0.25, 0.3) is 0 Å². The van der Waals surface area contributed by atoms with Crippen LogP contribution >= 0.6 is 0 Å². The first kappa shape index (κ1) is 12.0. The van der Waals surface area contributed by atoms with Gasteiger partial charge in [-0.25, -0.2) is 4.98 Å². The normalized spacial score (nSPS) is 16.1. The number of benzene rings is 1. The molecule has 1 aromatic heterocycles. The van der Waals surface area contributed by atoms with Crippen LogP contribution in [0.5, 0.6) is 0 Å². The number of fused-ring (bicyclic) bond motifs is 1. The van der Waals surface area contributed by atoms with E-state index >= 15 is 0 Å². The zero-order chi connectivity index (χ0) is 13.4. The van der Waals surface area contributed by atoms with Gasteiger partial charge >= 0.3 is 0 Å². The van der Waals surface area contributed by atoms with Gasteiger partial charge in [0.15, 0.2) is 0 Å². The number of nitrogens with zero attached hydrogens (tertiary/aromatic N) is 4. The minimum atomic E-state index is 0.163. The predicted octanol–water partition coefficient (Wildman–Crippen LogP) is 1.24. The maximum atomic E-state index is 11.3. The first-order chi connectivity index (χ1) is 9.16. The Balaban J connectivity index is 1.88. The van der Waals surface area contributed by atoms with E-state index in [0.717, 1.165) is 37.2 Å². The Morgan fingerprint density at radius 3 is 2.63 bits per heavy atom. The van der Waals surface area contributed by atoms with E-state index in [1.807, 2.05) is 22.8 Å². The number of piperazine rings is 1. The molecule has 0 bridgehead atoms. The summed E-state index contributed by atoms with van der Waals surface area (Å²) in [6.07, 6.45) is 1.85. The van der Waals surface area contributed by atoms with Crippen LogP contribution in [0.25, 0.3) is 11.0 Å². The van der Waals surface area contributed by atoms with Crippen molar-refractivity contribution < 1.29 is 4.79 Å². The summed E-state index contributed by atoms with van der Waals surface area (Å²) in [5.74, 6) is 0.163. The summed E-state index contributed by atoms with van der Waals surface area (Å²) < 4.78 is 2.03. The Morgan fingerprint density at radius 1 is 1.21 bits per heavy atom. The van der Waals surface area contributed by atoms with Crippen molar-refractivity contribution in [2.45, 2.75) is 6.92 Å². The second-order valence-electron chi connectivity index (χ2n) is 4.99. The minimum absolute atomic E-state index is 0.163. The lowest BCUT2D eigenvalue weighted by molar-refractivity contribution is -0.129. The molecule has 0 saturated carbocycles. The summed E-state index contributed by atoms with van der Waals surface area (Å²) in [6.45, 7) is 4.96. The molecule has 1 fully saturated rings. The summed E-state index contributed by atoms with van der Waals surface area (Å²) in [6, 6.07) is 6.26. The molecule has 0 atom stereocenters. The van der Waals surface area contributed by atoms with E-state index in [1.165, 1.54) is 5.69 Å². The summed E-state index contributed by atoms with van der Waals surface area (Å²) in [5, 5.41) is 0. The minimum Gasteiger partial charge on any atom is -0.366 e. The fraction of sp³-hybridized carbons (Fsp3) is 0.429. The number of carbonyl (C=O) groups is 1. The molecular weight excluding hydrogens is 240 g/mol. The second-order valence-corrected chi connectivity index (χ2v) is 4.99. The van der Waals surface area contributed by atoms with E-state index < -0.39 is 0 Å². The molecule has 2 heterocycles. The summed E-state index contributed by atoms with van der Waals surface area (Å²) in [4.78, 5) is 20.0. The fourth-order valence-corrected chi connectivity index (χ4v) is 2.66. The van der Waals surface area contributed by atoms with Gasteiger partial charge in [0, 0.05) is 40.2 Å². The number of aromatic nitrogens is 2. The van der Waals surface area contributed by atoms with E-state index in [0.29, 0.717) is 0 Å². The molecule has 1 aromatic carbocycles. The largest absolute Gasteiger partial charge is 0.366 e. The maximum Gasteiger partial charge on any atom is 0.219 e. The molecule has 0 aliphatic carbocycles. The van der Waals surface area contributed by atoms with Gasteiger partial charge in [0.05, 0.1) is 17.5 Å². The van der Waals surface area contributed by atoms with E-state index in [9.17, 15) is 4.79 Å². The van der Waals surface area contributed by atoms with Gasteiger partial charge in [-0.2, -0.15) is 0 Å². The quantitative estimate of drug-likeness (QED) is 0.773. The van der Waals surface area contributed by atoms with Crippen molar-refractivity contribution in [3.8, 4) is 0 Å².